The van der Waals surface area contributed by atoms with Gasteiger partial charge < -0.3 is 15.2 Å². The van der Waals surface area contributed by atoms with Crippen LogP contribution in [0.5, 0.6) is 5.75 Å². The average molecular weight is 279 g/mol. The lowest BCUT2D eigenvalue weighted by Crippen LogP contribution is -2.33. The van der Waals surface area contributed by atoms with Crippen molar-refractivity contribution in [3.8, 4) is 5.75 Å². The summed E-state index contributed by atoms with van der Waals surface area (Å²) in [6.07, 6.45) is 1.51. The van der Waals surface area contributed by atoms with Crippen molar-refractivity contribution in [2.24, 2.45) is 5.73 Å². The Morgan fingerprint density at radius 3 is 2.65 bits per heavy atom. The van der Waals surface area contributed by atoms with Gasteiger partial charge in [0.05, 0.1) is 13.2 Å². The first-order valence-electron chi connectivity index (χ1n) is 7.24. The summed E-state index contributed by atoms with van der Waals surface area (Å²) in [5, 5.41) is 0. The maximum Gasteiger partial charge on any atom is 0.323 e. The van der Waals surface area contributed by atoms with Gasteiger partial charge in [-0.05, 0) is 30.9 Å². The van der Waals surface area contributed by atoms with Crippen LogP contribution in [0.1, 0.15) is 45.1 Å². The Kier molecular flexibility index (Phi) is 7.09. The number of carbonyl (C=O) groups is 1. The summed E-state index contributed by atoms with van der Waals surface area (Å²) in [5.41, 5.74) is 6.93. The lowest BCUT2D eigenvalue weighted by molar-refractivity contribution is -0.145. The Hall–Kier alpha value is -1.55. The topological polar surface area (TPSA) is 61.5 Å². The third-order valence-electron chi connectivity index (χ3n) is 3.34. The molecule has 2 N–H and O–H groups in total. The van der Waals surface area contributed by atoms with Crippen molar-refractivity contribution >= 4 is 5.97 Å². The molecule has 0 radical (unpaired) electrons. The van der Waals surface area contributed by atoms with Gasteiger partial charge >= 0.3 is 5.97 Å². The fraction of sp³-hybridized carbons (Fsp3) is 0.562. The van der Waals surface area contributed by atoms with Crippen LogP contribution in [0.4, 0.5) is 0 Å². The maximum atomic E-state index is 11.4. The van der Waals surface area contributed by atoms with Gasteiger partial charge in [0, 0.05) is 6.42 Å². The van der Waals surface area contributed by atoms with E-state index in [0.717, 1.165) is 12.2 Å². The molecule has 0 saturated heterocycles. The van der Waals surface area contributed by atoms with Gasteiger partial charge in [0.2, 0.25) is 0 Å². The lowest BCUT2D eigenvalue weighted by Gasteiger charge is -2.16. The zero-order valence-electron chi connectivity index (χ0n) is 12.6. The van der Waals surface area contributed by atoms with Crippen molar-refractivity contribution in [2.75, 3.05) is 13.2 Å². The van der Waals surface area contributed by atoms with Crippen LogP contribution in [0.25, 0.3) is 0 Å². The summed E-state index contributed by atoms with van der Waals surface area (Å²) < 4.78 is 10.6. The summed E-state index contributed by atoms with van der Waals surface area (Å²) in [5.74, 6) is 0.953. The molecule has 112 valence electrons. The number of benzene rings is 1. The Labute approximate surface area is 121 Å². The standard InChI is InChI=1S/C16H25NO3/c1-4-12(3)13-8-6-7-9-15(13)20-11-10-14(17)16(18)19-5-2/h6-9,12,14H,4-5,10-11,17H2,1-3H3. The van der Waals surface area contributed by atoms with Gasteiger partial charge in [-0.2, -0.15) is 0 Å². The Balaban J connectivity index is 2.52. The van der Waals surface area contributed by atoms with E-state index in [2.05, 4.69) is 19.9 Å². The van der Waals surface area contributed by atoms with Crippen LogP contribution in [0.15, 0.2) is 24.3 Å². The number of hydrogen-bond donors (Lipinski definition) is 1. The number of nitrogens with two attached hydrogens (primary N) is 1. The Morgan fingerprint density at radius 2 is 2.00 bits per heavy atom. The number of rotatable bonds is 8. The van der Waals surface area contributed by atoms with Crippen molar-refractivity contribution in [3.05, 3.63) is 29.8 Å². The van der Waals surface area contributed by atoms with Crippen LogP contribution in [-0.4, -0.2) is 25.2 Å². The molecule has 0 fully saturated rings. The molecule has 0 saturated carbocycles. The minimum atomic E-state index is -0.620. The molecule has 0 heterocycles. The summed E-state index contributed by atoms with van der Waals surface area (Å²) >= 11 is 0. The van der Waals surface area contributed by atoms with Crippen LogP contribution < -0.4 is 10.5 Å². The molecule has 1 rings (SSSR count). The van der Waals surface area contributed by atoms with E-state index in [-0.39, 0.29) is 5.97 Å². The minimum absolute atomic E-state index is 0.351. The molecule has 0 amide bonds. The van der Waals surface area contributed by atoms with Gasteiger partial charge in [0.15, 0.2) is 0 Å². The summed E-state index contributed by atoms with van der Waals surface area (Å²) in [4.78, 5) is 11.4. The first-order valence-corrected chi connectivity index (χ1v) is 7.24. The van der Waals surface area contributed by atoms with E-state index in [1.54, 1.807) is 6.92 Å². The lowest BCUT2D eigenvalue weighted by atomic mass is 9.98. The minimum Gasteiger partial charge on any atom is -0.493 e. The predicted octanol–water partition coefficient (Wildman–Crippen LogP) is 2.86. The largest absolute Gasteiger partial charge is 0.493 e. The predicted molar refractivity (Wildman–Crippen MR) is 79.9 cm³/mol. The van der Waals surface area contributed by atoms with E-state index < -0.39 is 6.04 Å². The van der Waals surface area contributed by atoms with Crippen molar-refractivity contribution in [1.29, 1.82) is 0 Å². The van der Waals surface area contributed by atoms with Gasteiger partial charge in [-0.25, -0.2) is 0 Å². The normalized spacial score (nSPS) is 13.6. The molecule has 4 nitrogen and oxygen atoms in total. The molecule has 0 aliphatic carbocycles. The van der Waals surface area contributed by atoms with Crippen LogP contribution in [-0.2, 0) is 9.53 Å². The molecule has 0 spiro atoms. The van der Waals surface area contributed by atoms with E-state index in [1.165, 1.54) is 5.56 Å². The summed E-state index contributed by atoms with van der Waals surface area (Å²) in [6.45, 7) is 6.85. The molecule has 1 aromatic rings. The van der Waals surface area contributed by atoms with E-state index in [4.69, 9.17) is 15.2 Å². The monoisotopic (exact) mass is 279 g/mol. The van der Waals surface area contributed by atoms with Gasteiger partial charge in [-0.15, -0.1) is 0 Å². The number of para-hydroxylation sites is 1. The fourth-order valence-corrected chi connectivity index (χ4v) is 1.90. The molecule has 0 aliphatic heterocycles. The number of esters is 1. The second kappa shape index (κ2) is 8.59. The van der Waals surface area contributed by atoms with Crippen LogP contribution in [0.2, 0.25) is 0 Å². The third kappa shape index (κ3) is 4.85. The Bertz CT molecular complexity index is 420. The molecule has 0 bridgehead atoms. The van der Waals surface area contributed by atoms with Crippen molar-refractivity contribution < 1.29 is 14.3 Å². The molecule has 0 aliphatic rings. The summed E-state index contributed by atoms with van der Waals surface area (Å²) in [7, 11) is 0. The third-order valence-corrected chi connectivity index (χ3v) is 3.34. The highest BCUT2D eigenvalue weighted by atomic mass is 16.5. The summed E-state index contributed by atoms with van der Waals surface area (Å²) in [6, 6.07) is 7.38. The van der Waals surface area contributed by atoms with Gasteiger partial charge in [-0.1, -0.05) is 32.0 Å². The van der Waals surface area contributed by atoms with Crippen LogP contribution >= 0.6 is 0 Å². The van der Waals surface area contributed by atoms with Gasteiger partial charge in [0.25, 0.3) is 0 Å². The van der Waals surface area contributed by atoms with Crippen molar-refractivity contribution in [1.82, 2.24) is 0 Å². The second-order valence-electron chi connectivity index (χ2n) is 4.84. The molecule has 2 atom stereocenters. The number of hydrogen-bond acceptors (Lipinski definition) is 4. The maximum absolute atomic E-state index is 11.4. The van der Waals surface area contributed by atoms with Gasteiger partial charge in [0.1, 0.15) is 11.8 Å². The first-order chi connectivity index (χ1) is 9.60. The SMILES string of the molecule is CCOC(=O)C(N)CCOc1ccccc1C(C)CC. The second-order valence-corrected chi connectivity index (χ2v) is 4.84. The molecular formula is C16H25NO3. The Morgan fingerprint density at radius 1 is 1.30 bits per heavy atom. The zero-order valence-corrected chi connectivity index (χ0v) is 12.6. The van der Waals surface area contributed by atoms with Crippen LogP contribution in [0, 0.1) is 0 Å². The molecule has 2 unspecified atom stereocenters. The highest BCUT2D eigenvalue weighted by Gasteiger charge is 2.15. The van der Waals surface area contributed by atoms with E-state index in [9.17, 15) is 4.79 Å². The molecule has 0 aromatic heterocycles. The quantitative estimate of drug-likeness (QED) is 0.743. The zero-order chi connectivity index (χ0) is 15.0. The molecule has 20 heavy (non-hydrogen) atoms. The highest BCUT2D eigenvalue weighted by Crippen LogP contribution is 2.28. The van der Waals surface area contributed by atoms with Crippen molar-refractivity contribution in [3.63, 3.8) is 0 Å². The fourth-order valence-electron chi connectivity index (χ4n) is 1.90. The smallest absolute Gasteiger partial charge is 0.323 e. The molecular weight excluding hydrogens is 254 g/mol. The van der Waals surface area contributed by atoms with Crippen molar-refractivity contribution in [2.45, 2.75) is 45.6 Å². The first kappa shape index (κ1) is 16.5. The van der Waals surface area contributed by atoms with E-state index in [1.807, 2.05) is 18.2 Å². The molecule has 4 heteroatoms. The van der Waals surface area contributed by atoms with E-state index in [0.29, 0.717) is 25.6 Å². The van der Waals surface area contributed by atoms with Crippen LogP contribution in [0.3, 0.4) is 0 Å². The number of ether oxygens (including phenoxy) is 2. The van der Waals surface area contributed by atoms with E-state index >= 15 is 0 Å². The highest BCUT2D eigenvalue weighted by molar-refractivity contribution is 5.75. The average Bonchev–Trinajstić information content (AvgIpc) is 2.47. The number of carbonyl (C=O) groups excluding carboxylic acids is 1. The molecule has 1 aromatic carbocycles. The van der Waals surface area contributed by atoms with Gasteiger partial charge in [-0.3, -0.25) is 4.79 Å².